The molecule has 2 bridgehead atoms. The van der Waals surface area contributed by atoms with Gasteiger partial charge in [0.1, 0.15) is 23.5 Å². The maximum Gasteiger partial charge on any atom is 0.186 e. The molecule has 0 unspecified atom stereocenters. The number of aliphatic imine (C=N–C) groups is 1. The quantitative estimate of drug-likeness (QED) is 0.341. The number of furan rings is 1. The molecule has 2 aromatic carbocycles. The Morgan fingerprint density at radius 1 is 1.19 bits per heavy atom. The van der Waals surface area contributed by atoms with Gasteiger partial charge in [0.05, 0.1) is 11.9 Å². The number of hydrogen-bond donors (Lipinski definition) is 2. The summed E-state index contributed by atoms with van der Waals surface area (Å²) in [6, 6.07) is 10.1. The summed E-state index contributed by atoms with van der Waals surface area (Å²) < 4.78 is 11.7. The number of hydrogen-bond acceptors (Lipinski definition) is 3. The molecule has 0 saturated carbocycles. The van der Waals surface area contributed by atoms with Crippen molar-refractivity contribution in [2.45, 2.75) is 6.42 Å². The van der Waals surface area contributed by atoms with Crippen LogP contribution in [0.2, 0.25) is 0 Å². The third kappa shape index (κ3) is 1.89. The first-order valence-electron chi connectivity index (χ1n) is 6.87. The zero-order chi connectivity index (χ0) is 14.4. The van der Waals surface area contributed by atoms with E-state index in [1.165, 1.54) is 11.1 Å². The first-order valence-corrected chi connectivity index (χ1v) is 6.87. The van der Waals surface area contributed by atoms with Crippen LogP contribution in [0, 0.1) is 0 Å². The predicted molar refractivity (Wildman–Crippen MR) is 82.7 cm³/mol. The SMILES string of the molecule is NC(N)=NCCOc1cccc2oc3cc4cc(c3c12)C4. The standard InChI is InChI=1S/C16H15N3O2/c17-16(18)19-4-5-20-11-2-1-3-12-15(11)14-10-6-9(7-10)8-13(14)21-12/h1-3,6,8H,4-5,7H2,(H4,17,18,19). The summed E-state index contributed by atoms with van der Waals surface area (Å²) in [5.74, 6) is 0.891. The first kappa shape index (κ1) is 12.1. The van der Waals surface area contributed by atoms with Crippen molar-refractivity contribution in [1.29, 1.82) is 0 Å². The lowest BCUT2D eigenvalue weighted by atomic mass is 9.88. The molecule has 4 N–H and O–H groups in total. The van der Waals surface area contributed by atoms with Crippen molar-refractivity contribution in [1.82, 2.24) is 0 Å². The van der Waals surface area contributed by atoms with E-state index in [1.807, 2.05) is 18.2 Å². The fourth-order valence-electron chi connectivity index (χ4n) is 2.84. The van der Waals surface area contributed by atoms with E-state index in [0.29, 0.717) is 13.2 Å². The number of guanidine groups is 1. The average molecular weight is 281 g/mol. The molecule has 0 saturated heterocycles. The van der Waals surface area contributed by atoms with Crippen LogP contribution >= 0.6 is 0 Å². The summed E-state index contributed by atoms with van der Waals surface area (Å²) in [5.41, 5.74) is 15.0. The number of ether oxygens (including phenoxy) is 1. The van der Waals surface area contributed by atoms with Crippen molar-refractivity contribution in [3.05, 3.63) is 41.5 Å². The third-order valence-electron chi connectivity index (χ3n) is 3.74. The van der Waals surface area contributed by atoms with E-state index in [4.69, 9.17) is 20.6 Å². The fraction of sp³-hybridized carbons (Fsp3) is 0.188. The van der Waals surface area contributed by atoms with E-state index >= 15 is 0 Å². The molecule has 0 atom stereocenters. The van der Waals surface area contributed by atoms with Crippen LogP contribution in [0.4, 0.5) is 0 Å². The van der Waals surface area contributed by atoms with E-state index in [-0.39, 0.29) is 5.96 Å². The smallest absolute Gasteiger partial charge is 0.186 e. The summed E-state index contributed by atoms with van der Waals surface area (Å²) in [6.07, 6.45) is 1.02. The van der Waals surface area contributed by atoms with Crippen LogP contribution in [0.25, 0.3) is 21.9 Å². The second-order valence-electron chi connectivity index (χ2n) is 5.19. The largest absolute Gasteiger partial charge is 0.491 e. The Labute approximate surface area is 121 Å². The topological polar surface area (TPSA) is 86.8 Å². The van der Waals surface area contributed by atoms with Crippen LogP contribution in [-0.2, 0) is 6.42 Å². The van der Waals surface area contributed by atoms with Gasteiger partial charge in [0.15, 0.2) is 5.96 Å². The van der Waals surface area contributed by atoms with Gasteiger partial charge in [-0.3, -0.25) is 4.99 Å². The normalized spacial score (nSPS) is 12.4. The highest BCUT2D eigenvalue weighted by Crippen LogP contribution is 2.41. The minimum Gasteiger partial charge on any atom is -0.491 e. The van der Waals surface area contributed by atoms with Crippen LogP contribution in [0.5, 0.6) is 5.75 Å². The average Bonchev–Trinajstić information content (AvgIpc) is 2.81. The van der Waals surface area contributed by atoms with Crippen molar-refractivity contribution < 1.29 is 9.15 Å². The molecule has 2 aliphatic rings. The molecule has 2 aliphatic carbocycles. The highest BCUT2D eigenvalue weighted by Gasteiger charge is 2.21. The molecule has 1 aromatic heterocycles. The van der Waals surface area contributed by atoms with E-state index in [9.17, 15) is 0 Å². The maximum atomic E-state index is 5.91. The number of fused-ring (bicyclic) bond motifs is 1. The van der Waals surface area contributed by atoms with Crippen molar-refractivity contribution in [2.24, 2.45) is 16.5 Å². The van der Waals surface area contributed by atoms with E-state index < -0.39 is 0 Å². The molecule has 5 rings (SSSR count). The summed E-state index contributed by atoms with van der Waals surface area (Å²) >= 11 is 0. The molecule has 0 aliphatic heterocycles. The summed E-state index contributed by atoms with van der Waals surface area (Å²) in [4.78, 5) is 3.92. The summed E-state index contributed by atoms with van der Waals surface area (Å²) in [6.45, 7) is 0.864. The second kappa shape index (κ2) is 4.41. The number of benzene rings is 2. The van der Waals surface area contributed by atoms with Gasteiger partial charge in [0.25, 0.3) is 0 Å². The Bertz CT molecular complexity index is 876. The Balaban J connectivity index is 1.75. The Morgan fingerprint density at radius 2 is 2.05 bits per heavy atom. The van der Waals surface area contributed by atoms with Crippen molar-refractivity contribution in [3.63, 3.8) is 0 Å². The monoisotopic (exact) mass is 281 g/mol. The van der Waals surface area contributed by atoms with Gasteiger partial charge < -0.3 is 20.6 Å². The molecule has 3 aromatic rings. The van der Waals surface area contributed by atoms with Crippen molar-refractivity contribution in [2.75, 3.05) is 13.2 Å². The Morgan fingerprint density at radius 3 is 2.86 bits per heavy atom. The number of nitrogens with zero attached hydrogens (tertiary/aromatic N) is 1. The molecule has 5 heteroatoms. The van der Waals surface area contributed by atoms with E-state index in [0.717, 1.165) is 34.1 Å². The van der Waals surface area contributed by atoms with Gasteiger partial charge in [0.2, 0.25) is 0 Å². The van der Waals surface area contributed by atoms with Crippen LogP contribution < -0.4 is 16.2 Å². The predicted octanol–water partition coefficient (Wildman–Crippen LogP) is 2.14. The zero-order valence-electron chi connectivity index (χ0n) is 11.4. The van der Waals surface area contributed by atoms with Gasteiger partial charge >= 0.3 is 0 Å². The highest BCUT2D eigenvalue weighted by molar-refractivity contribution is 6.11. The van der Waals surface area contributed by atoms with Crippen LogP contribution in [0.3, 0.4) is 0 Å². The molecule has 5 nitrogen and oxygen atoms in total. The second-order valence-corrected chi connectivity index (χ2v) is 5.19. The van der Waals surface area contributed by atoms with Gasteiger partial charge in [-0.15, -0.1) is 0 Å². The molecule has 0 radical (unpaired) electrons. The fourth-order valence-corrected chi connectivity index (χ4v) is 2.84. The maximum absolute atomic E-state index is 5.91. The Hall–Kier alpha value is -2.69. The molecule has 0 fully saturated rings. The molecular weight excluding hydrogens is 266 g/mol. The Kier molecular flexibility index (Phi) is 2.54. The van der Waals surface area contributed by atoms with Crippen LogP contribution in [-0.4, -0.2) is 19.1 Å². The van der Waals surface area contributed by atoms with Crippen LogP contribution in [0.15, 0.2) is 39.7 Å². The minimum atomic E-state index is 0.0785. The third-order valence-corrected chi connectivity index (χ3v) is 3.74. The lowest BCUT2D eigenvalue weighted by Crippen LogP contribution is -2.23. The zero-order valence-corrected chi connectivity index (χ0v) is 11.4. The van der Waals surface area contributed by atoms with E-state index in [1.54, 1.807) is 0 Å². The lowest BCUT2D eigenvalue weighted by Gasteiger charge is -2.15. The molecule has 0 amide bonds. The number of nitrogens with two attached hydrogens (primary N) is 2. The molecule has 1 heterocycles. The van der Waals surface area contributed by atoms with Gasteiger partial charge in [-0.25, -0.2) is 0 Å². The number of rotatable bonds is 4. The van der Waals surface area contributed by atoms with Gasteiger partial charge in [0, 0.05) is 5.39 Å². The van der Waals surface area contributed by atoms with Crippen molar-refractivity contribution >= 4 is 27.9 Å². The van der Waals surface area contributed by atoms with E-state index in [2.05, 4.69) is 17.1 Å². The van der Waals surface area contributed by atoms with Gasteiger partial charge in [-0.05, 0) is 35.7 Å². The minimum absolute atomic E-state index is 0.0785. The molecule has 21 heavy (non-hydrogen) atoms. The summed E-state index contributed by atoms with van der Waals surface area (Å²) in [7, 11) is 0. The van der Waals surface area contributed by atoms with Crippen LogP contribution in [0.1, 0.15) is 11.1 Å². The molecule has 0 spiro atoms. The van der Waals surface area contributed by atoms with Gasteiger partial charge in [-0.1, -0.05) is 12.1 Å². The molecule has 106 valence electrons. The highest BCUT2D eigenvalue weighted by atomic mass is 16.5. The first-order chi connectivity index (χ1) is 10.2. The molecular formula is C16H15N3O2. The van der Waals surface area contributed by atoms with Crippen molar-refractivity contribution in [3.8, 4) is 5.75 Å². The van der Waals surface area contributed by atoms with Gasteiger partial charge in [-0.2, -0.15) is 0 Å². The summed E-state index contributed by atoms with van der Waals surface area (Å²) in [5, 5.41) is 2.20. The lowest BCUT2D eigenvalue weighted by molar-refractivity contribution is 0.332.